The summed E-state index contributed by atoms with van der Waals surface area (Å²) < 4.78 is 37.0. The number of esters is 1. The lowest BCUT2D eigenvalue weighted by molar-refractivity contribution is -0.163. The van der Waals surface area contributed by atoms with Gasteiger partial charge in [-0.3, -0.25) is 5.32 Å². The van der Waals surface area contributed by atoms with Crippen LogP contribution < -0.4 is 10.1 Å². The smallest absolute Gasteiger partial charge is 0.328 e. The molecule has 0 aliphatic carbocycles. The maximum atomic E-state index is 13.6. The molecule has 0 saturated heterocycles. The fourth-order valence-corrected chi connectivity index (χ4v) is 1.99. The number of halogens is 3. The van der Waals surface area contributed by atoms with Crippen molar-refractivity contribution in [3.05, 3.63) is 28.2 Å². The third kappa shape index (κ3) is 6.50. The average molecular weight is 396 g/mol. The van der Waals surface area contributed by atoms with E-state index < -0.39 is 41.3 Å². The molecule has 0 bridgehead atoms. The molecule has 0 unspecified atom stereocenters. The minimum atomic E-state index is -1.25. The largest absolute Gasteiger partial charge is 0.421 e. The summed E-state index contributed by atoms with van der Waals surface area (Å²) in [5.41, 5.74) is -0.541. The van der Waals surface area contributed by atoms with Crippen molar-refractivity contribution in [1.82, 2.24) is 5.32 Å². The summed E-state index contributed by atoms with van der Waals surface area (Å²) in [6.07, 6.45) is -1.12. The molecule has 2 atom stereocenters. The first-order chi connectivity index (χ1) is 10.5. The number of rotatable bonds is 6. The third-order valence-corrected chi connectivity index (χ3v) is 3.27. The molecule has 0 amide bonds. The van der Waals surface area contributed by atoms with Crippen LogP contribution in [0, 0.1) is 11.6 Å². The zero-order chi connectivity index (χ0) is 17.8. The Morgan fingerprint density at radius 1 is 1.39 bits per heavy atom. The number of aliphatic hydroxyl groups excluding tert-OH is 1. The Morgan fingerprint density at radius 2 is 2.00 bits per heavy atom. The molecule has 5 nitrogen and oxygen atoms in total. The van der Waals surface area contributed by atoms with Gasteiger partial charge in [-0.05, 0) is 55.8 Å². The number of benzene rings is 1. The highest BCUT2D eigenvalue weighted by Gasteiger charge is 2.23. The van der Waals surface area contributed by atoms with Crippen LogP contribution in [0.25, 0.3) is 0 Å². The van der Waals surface area contributed by atoms with Crippen molar-refractivity contribution in [3.63, 3.8) is 0 Å². The van der Waals surface area contributed by atoms with E-state index >= 15 is 0 Å². The lowest BCUT2D eigenvalue weighted by Gasteiger charge is -2.25. The summed E-state index contributed by atoms with van der Waals surface area (Å²) in [7, 11) is 0. The molecule has 0 heterocycles. The summed E-state index contributed by atoms with van der Waals surface area (Å²) in [6, 6.07) is 1.29. The summed E-state index contributed by atoms with van der Waals surface area (Å²) in [4.78, 5) is 11.9. The number of carbonyl (C=O) groups excluding carboxylic acids is 1. The van der Waals surface area contributed by atoms with Gasteiger partial charge < -0.3 is 14.6 Å². The van der Waals surface area contributed by atoms with Crippen LogP contribution in [0.5, 0.6) is 5.75 Å². The molecule has 8 heteroatoms. The lowest BCUT2D eigenvalue weighted by Crippen LogP contribution is -2.43. The van der Waals surface area contributed by atoms with E-state index in [-0.39, 0.29) is 11.0 Å². The SMILES string of the molecule is C[C@H](NC[C@@H](O)OC(C)(C)C)C(=O)Oc1c(Br)ccc(F)c1F. The van der Waals surface area contributed by atoms with Gasteiger partial charge in [-0.1, -0.05) is 0 Å². The van der Waals surface area contributed by atoms with Gasteiger partial charge in [0.25, 0.3) is 0 Å². The Morgan fingerprint density at radius 3 is 2.57 bits per heavy atom. The van der Waals surface area contributed by atoms with Crippen molar-refractivity contribution in [2.24, 2.45) is 0 Å². The van der Waals surface area contributed by atoms with E-state index in [9.17, 15) is 18.7 Å². The Hall–Kier alpha value is -1.09. The van der Waals surface area contributed by atoms with Gasteiger partial charge in [-0.25, -0.2) is 9.18 Å². The van der Waals surface area contributed by atoms with Gasteiger partial charge in [0.2, 0.25) is 5.82 Å². The van der Waals surface area contributed by atoms with Gasteiger partial charge in [-0.2, -0.15) is 4.39 Å². The Kier molecular flexibility index (Phi) is 7.06. The summed E-state index contributed by atoms with van der Waals surface area (Å²) in [5.74, 6) is -3.71. The normalized spacial score (nSPS) is 14.4. The molecule has 0 aliphatic rings. The highest BCUT2D eigenvalue weighted by Crippen LogP contribution is 2.30. The van der Waals surface area contributed by atoms with Crippen molar-refractivity contribution in [2.45, 2.75) is 45.6 Å². The van der Waals surface area contributed by atoms with E-state index in [1.54, 1.807) is 20.8 Å². The second-order valence-corrected chi connectivity index (χ2v) is 6.76. The van der Waals surface area contributed by atoms with Crippen LogP contribution in [0.3, 0.4) is 0 Å². The van der Waals surface area contributed by atoms with Gasteiger partial charge in [0, 0.05) is 6.54 Å². The van der Waals surface area contributed by atoms with Crippen LogP contribution in [0.2, 0.25) is 0 Å². The fraction of sp³-hybridized carbons (Fsp3) is 0.533. The molecule has 130 valence electrons. The summed E-state index contributed by atoms with van der Waals surface area (Å²) in [6.45, 7) is 6.77. The molecular weight excluding hydrogens is 376 g/mol. The number of hydrogen-bond acceptors (Lipinski definition) is 5. The molecule has 0 saturated carbocycles. The molecule has 0 radical (unpaired) electrons. The standard InChI is InChI=1S/C15H20BrF2NO4/c1-8(19-7-11(20)23-15(2,3)4)14(21)22-13-9(16)5-6-10(17)12(13)18/h5-6,8,11,19-20H,7H2,1-4H3/t8-,11-/m0/s1. The van der Waals surface area contributed by atoms with Crippen molar-refractivity contribution >= 4 is 21.9 Å². The first-order valence-corrected chi connectivity index (χ1v) is 7.75. The Labute approximate surface area is 142 Å². The van der Waals surface area contributed by atoms with Crippen LogP contribution in [-0.4, -0.2) is 35.6 Å². The zero-order valence-corrected chi connectivity index (χ0v) is 14.9. The molecule has 0 spiro atoms. The summed E-state index contributed by atoms with van der Waals surface area (Å²) in [5, 5.41) is 12.4. The van der Waals surface area contributed by atoms with E-state index in [4.69, 9.17) is 9.47 Å². The number of ether oxygens (including phenoxy) is 2. The predicted molar refractivity (Wildman–Crippen MR) is 84.0 cm³/mol. The topological polar surface area (TPSA) is 67.8 Å². The van der Waals surface area contributed by atoms with Crippen LogP contribution in [-0.2, 0) is 9.53 Å². The van der Waals surface area contributed by atoms with Crippen molar-refractivity contribution < 1.29 is 28.2 Å². The van der Waals surface area contributed by atoms with Crippen molar-refractivity contribution in [2.75, 3.05) is 6.54 Å². The zero-order valence-electron chi connectivity index (χ0n) is 13.3. The molecule has 0 aliphatic heterocycles. The van der Waals surface area contributed by atoms with Crippen LogP contribution in [0.15, 0.2) is 16.6 Å². The first-order valence-electron chi connectivity index (χ1n) is 6.95. The van der Waals surface area contributed by atoms with Gasteiger partial charge in [0.15, 0.2) is 17.9 Å². The van der Waals surface area contributed by atoms with E-state index in [2.05, 4.69) is 21.2 Å². The van der Waals surface area contributed by atoms with Crippen LogP contribution in [0.1, 0.15) is 27.7 Å². The highest BCUT2D eigenvalue weighted by molar-refractivity contribution is 9.10. The predicted octanol–water partition coefficient (Wildman–Crippen LogP) is 2.74. The lowest BCUT2D eigenvalue weighted by atomic mass is 10.2. The molecule has 1 rings (SSSR count). The second kappa shape index (κ2) is 8.14. The number of aliphatic hydroxyl groups is 1. The molecule has 2 N–H and O–H groups in total. The Bertz CT molecular complexity index is 563. The highest BCUT2D eigenvalue weighted by atomic mass is 79.9. The fourth-order valence-electron chi connectivity index (χ4n) is 1.60. The maximum absolute atomic E-state index is 13.6. The van der Waals surface area contributed by atoms with Crippen LogP contribution in [0.4, 0.5) is 8.78 Å². The van der Waals surface area contributed by atoms with E-state index in [0.29, 0.717) is 0 Å². The van der Waals surface area contributed by atoms with Crippen molar-refractivity contribution in [3.8, 4) is 5.75 Å². The van der Waals surface area contributed by atoms with Crippen molar-refractivity contribution in [1.29, 1.82) is 0 Å². The molecule has 0 aromatic heterocycles. The summed E-state index contributed by atoms with van der Waals surface area (Å²) >= 11 is 2.99. The van der Waals surface area contributed by atoms with E-state index in [1.807, 2.05) is 0 Å². The van der Waals surface area contributed by atoms with E-state index in [0.717, 1.165) is 6.07 Å². The quantitative estimate of drug-likeness (QED) is 0.335. The first kappa shape index (κ1) is 20.0. The second-order valence-electron chi connectivity index (χ2n) is 5.91. The average Bonchev–Trinajstić information content (AvgIpc) is 2.43. The third-order valence-electron chi connectivity index (χ3n) is 2.65. The van der Waals surface area contributed by atoms with E-state index in [1.165, 1.54) is 13.0 Å². The number of nitrogens with one attached hydrogen (secondary N) is 1. The van der Waals surface area contributed by atoms with Gasteiger partial charge in [-0.15, -0.1) is 0 Å². The number of carbonyl (C=O) groups is 1. The molecular formula is C15H20BrF2NO4. The molecule has 1 aromatic rings. The molecule has 1 aromatic carbocycles. The Balaban J connectivity index is 2.60. The monoisotopic (exact) mass is 395 g/mol. The number of hydrogen-bond donors (Lipinski definition) is 2. The molecule has 23 heavy (non-hydrogen) atoms. The minimum absolute atomic E-state index is 0.0274. The maximum Gasteiger partial charge on any atom is 0.328 e. The van der Waals surface area contributed by atoms with Crippen LogP contribution >= 0.6 is 15.9 Å². The minimum Gasteiger partial charge on any atom is -0.421 e. The van der Waals surface area contributed by atoms with Gasteiger partial charge in [0.05, 0.1) is 10.1 Å². The van der Waals surface area contributed by atoms with Gasteiger partial charge >= 0.3 is 5.97 Å². The van der Waals surface area contributed by atoms with Gasteiger partial charge in [0.1, 0.15) is 6.04 Å². The molecule has 0 fully saturated rings.